The highest BCUT2D eigenvalue weighted by Crippen LogP contribution is 2.33. The van der Waals surface area contributed by atoms with Crippen LogP contribution in [0.2, 0.25) is 0 Å². The lowest BCUT2D eigenvalue weighted by Crippen LogP contribution is -1.99. The van der Waals surface area contributed by atoms with Gasteiger partial charge in [0.15, 0.2) is 0 Å². The van der Waals surface area contributed by atoms with E-state index >= 15 is 0 Å². The molecular weight excluding hydrogens is 284 g/mol. The number of rotatable bonds is 4. The lowest BCUT2D eigenvalue weighted by atomic mass is 10.0. The van der Waals surface area contributed by atoms with Crippen LogP contribution < -0.4 is 10.4 Å². The molecule has 4 heteroatoms. The van der Waals surface area contributed by atoms with Crippen LogP contribution in [0.25, 0.3) is 22.1 Å². The highest BCUT2D eigenvalue weighted by molar-refractivity contribution is 7.08. The third kappa shape index (κ3) is 2.72. The normalized spacial score (nSPS) is 11.0. The van der Waals surface area contributed by atoms with Gasteiger partial charge in [0.2, 0.25) is 0 Å². The van der Waals surface area contributed by atoms with E-state index < -0.39 is 0 Å². The molecular formula is C17H16O3S. The predicted molar refractivity (Wildman–Crippen MR) is 86.3 cm³/mol. The van der Waals surface area contributed by atoms with Gasteiger partial charge < -0.3 is 9.15 Å². The van der Waals surface area contributed by atoms with Gasteiger partial charge >= 0.3 is 5.63 Å². The van der Waals surface area contributed by atoms with Crippen LogP contribution in [0.5, 0.6) is 5.75 Å². The van der Waals surface area contributed by atoms with Crippen LogP contribution in [0.15, 0.2) is 44.2 Å². The maximum absolute atomic E-state index is 11.8. The van der Waals surface area contributed by atoms with Crippen molar-refractivity contribution < 1.29 is 9.15 Å². The molecule has 1 aromatic carbocycles. The fraction of sp³-hybridized carbons (Fsp3) is 0.235. The van der Waals surface area contributed by atoms with Crippen molar-refractivity contribution in [2.75, 3.05) is 6.61 Å². The number of hydrogen-bond donors (Lipinski definition) is 0. The summed E-state index contributed by atoms with van der Waals surface area (Å²) in [7, 11) is 0. The van der Waals surface area contributed by atoms with E-state index in [2.05, 4.69) is 17.7 Å². The molecule has 0 aliphatic rings. The third-order valence-electron chi connectivity index (χ3n) is 3.33. The largest absolute Gasteiger partial charge is 0.493 e. The van der Waals surface area contributed by atoms with Crippen LogP contribution in [0.4, 0.5) is 0 Å². The number of benzene rings is 1. The van der Waals surface area contributed by atoms with Crippen LogP contribution in [0.1, 0.15) is 18.9 Å². The van der Waals surface area contributed by atoms with E-state index in [1.54, 1.807) is 23.5 Å². The molecule has 0 fully saturated rings. The third-order valence-corrected chi connectivity index (χ3v) is 4.20. The average molecular weight is 300 g/mol. The minimum atomic E-state index is -0.337. The van der Waals surface area contributed by atoms with Crippen molar-refractivity contribution >= 4 is 22.3 Å². The molecule has 2 heterocycles. The van der Waals surface area contributed by atoms with Crippen molar-refractivity contribution in [2.45, 2.75) is 20.3 Å². The number of thiophene rings is 1. The number of hydrogen-bond acceptors (Lipinski definition) is 4. The lowest BCUT2D eigenvalue weighted by molar-refractivity contribution is 0.317. The van der Waals surface area contributed by atoms with Gasteiger partial charge in [0.25, 0.3) is 0 Å². The Hall–Kier alpha value is -2.07. The van der Waals surface area contributed by atoms with Gasteiger partial charge in [-0.3, -0.25) is 0 Å². The number of ether oxygens (including phenoxy) is 1. The Bertz CT molecular complexity index is 829. The summed E-state index contributed by atoms with van der Waals surface area (Å²) in [5.41, 5.74) is 3.40. The average Bonchev–Trinajstić information content (AvgIpc) is 2.89. The summed E-state index contributed by atoms with van der Waals surface area (Å²) in [4.78, 5) is 11.8. The van der Waals surface area contributed by atoms with Gasteiger partial charge in [-0.1, -0.05) is 6.92 Å². The highest BCUT2D eigenvalue weighted by Gasteiger charge is 2.11. The Kier molecular flexibility index (Phi) is 3.80. The van der Waals surface area contributed by atoms with Gasteiger partial charge in [-0.15, -0.1) is 0 Å². The van der Waals surface area contributed by atoms with E-state index in [0.717, 1.165) is 28.7 Å². The molecule has 0 N–H and O–H groups in total. The topological polar surface area (TPSA) is 39.4 Å². The second-order valence-electron chi connectivity index (χ2n) is 4.95. The number of aryl methyl sites for hydroxylation is 1. The first-order valence-electron chi connectivity index (χ1n) is 6.93. The quantitative estimate of drug-likeness (QED) is 0.660. The van der Waals surface area contributed by atoms with Crippen LogP contribution in [0, 0.1) is 6.92 Å². The fourth-order valence-electron chi connectivity index (χ4n) is 2.31. The van der Waals surface area contributed by atoms with E-state index in [-0.39, 0.29) is 5.63 Å². The van der Waals surface area contributed by atoms with Crippen molar-refractivity contribution in [1.29, 1.82) is 0 Å². The molecule has 3 nitrogen and oxygen atoms in total. The Labute approximate surface area is 126 Å². The zero-order chi connectivity index (χ0) is 14.8. The molecule has 3 aromatic rings. The molecule has 3 rings (SSSR count). The summed E-state index contributed by atoms with van der Waals surface area (Å²) in [6.45, 7) is 4.75. The summed E-state index contributed by atoms with van der Waals surface area (Å²) >= 11 is 1.63. The summed E-state index contributed by atoms with van der Waals surface area (Å²) in [6.07, 6.45) is 0.941. The van der Waals surface area contributed by atoms with Crippen LogP contribution in [-0.4, -0.2) is 6.61 Å². The van der Waals surface area contributed by atoms with Gasteiger partial charge in [0.05, 0.1) is 6.61 Å². The first-order chi connectivity index (χ1) is 10.2. The summed E-state index contributed by atoms with van der Waals surface area (Å²) in [5, 5.41) is 5.07. The molecule has 21 heavy (non-hydrogen) atoms. The molecule has 0 atom stereocenters. The molecule has 2 aromatic heterocycles. The smallest absolute Gasteiger partial charge is 0.336 e. The van der Waals surface area contributed by atoms with E-state index in [9.17, 15) is 4.79 Å². The van der Waals surface area contributed by atoms with Gasteiger partial charge in [-0.05, 0) is 47.4 Å². The standard InChI is InChI=1S/C17H16O3S/c1-3-6-19-12-4-5-13-14(15-10-21-9-11(15)2)8-17(18)20-16(13)7-12/h4-5,7-10H,3,6H2,1-2H3. The van der Waals surface area contributed by atoms with Crippen molar-refractivity contribution in [2.24, 2.45) is 0 Å². The molecule has 0 saturated carbocycles. The van der Waals surface area contributed by atoms with Crippen molar-refractivity contribution in [3.05, 3.63) is 51.0 Å². The Morgan fingerprint density at radius 2 is 2.05 bits per heavy atom. The molecule has 0 saturated heterocycles. The van der Waals surface area contributed by atoms with Crippen LogP contribution in [0.3, 0.4) is 0 Å². The van der Waals surface area contributed by atoms with Crippen LogP contribution in [-0.2, 0) is 0 Å². The van der Waals surface area contributed by atoms with E-state index in [0.29, 0.717) is 12.2 Å². The van der Waals surface area contributed by atoms with Crippen molar-refractivity contribution in [3.8, 4) is 16.9 Å². The Morgan fingerprint density at radius 3 is 2.76 bits per heavy atom. The highest BCUT2D eigenvalue weighted by atomic mass is 32.1. The lowest BCUT2D eigenvalue weighted by Gasteiger charge is -2.08. The SMILES string of the molecule is CCCOc1ccc2c(-c3cscc3C)cc(=O)oc2c1. The Morgan fingerprint density at radius 1 is 1.19 bits per heavy atom. The van der Waals surface area contributed by atoms with Crippen molar-refractivity contribution in [1.82, 2.24) is 0 Å². The van der Waals surface area contributed by atoms with E-state index in [4.69, 9.17) is 9.15 Å². The monoisotopic (exact) mass is 300 g/mol. The zero-order valence-corrected chi connectivity index (χ0v) is 12.8. The summed E-state index contributed by atoms with van der Waals surface area (Å²) in [6, 6.07) is 7.22. The molecule has 0 aliphatic carbocycles. The molecule has 0 bridgehead atoms. The molecule has 0 amide bonds. The second kappa shape index (κ2) is 5.74. The fourth-order valence-corrected chi connectivity index (χ4v) is 3.16. The zero-order valence-electron chi connectivity index (χ0n) is 12.0. The van der Waals surface area contributed by atoms with Gasteiger partial charge in [-0.25, -0.2) is 4.79 Å². The summed E-state index contributed by atoms with van der Waals surface area (Å²) in [5.74, 6) is 0.728. The molecule has 0 aliphatic heterocycles. The minimum Gasteiger partial charge on any atom is -0.493 e. The molecule has 0 spiro atoms. The molecule has 0 radical (unpaired) electrons. The van der Waals surface area contributed by atoms with Crippen molar-refractivity contribution in [3.63, 3.8) is 0 Å². The predicted octanol–water partition coefficient (Wildman–Crippen LogP) is 4.62. The maximum atomic E-state index is 11.8. The maximum Gasteiger partial charge on any atom is 0.336 e. The number of fused-ring (bicyclic) bond motifs is 1. The minimum absolute atomic E-state index is 0.337. The summed E-state index contributed by atoms with van der Waals surface area (Å²) < 4.78 is 10.9. The first kappa shape index (κ1) is 13.9. The van der Waals surface area contributed by atoms with Gasteiger partial charge in [-0.2, -0.15) is 11.3 Å². The Balaban J connectivity index is 2.18. The second-order valence-corrected chi connectivity index (χ2v) is 5.70. The first-order valence-corrected chi connectivity index (χ1v) is 7.87. The molecule has 0 unspecified atom stereocenters. The van der Waals surface area contributed by atoms with Gasteiger partial charge in [0, 0.05) is 23.1 Å². The van der Waals surface area contributed by atoms with Gasteiger partial charge in [0.1, 0.15) is 11.3 Å². The van der Waals surface area contributed by atoms with E-state index in [1.807, 2.05) is 19.1 Å². The van der Waals surface area contributed by atoms with Crippen LogP contribution >= 0.6 is 11.3 Å². The molecule has 108 valence electrons. The van der Waals surface area contributed by atoms with E-state index in [1.165, 1.54) is 5.56 Å².